The Morgan fingerprint density at radius 1 is 0.650 bits per heavy atom. The lowest BCUT2D eigenvalue weighted by Crippen LogP contribution is -2.16. The molecule has 0 spiro atoms. The van der Waals surface area contributed by atoms with Crippen LogP contribution in [0.4, 0.5) is 11.4 Å². The lowest BCUT2D eigenvalue weighted by atomic mass is 9.88. The van der Waals surface area contributed by atoms with E-state index in [1.807, 2.05) is 73.7 Å². The third-order valence-corrected chi connectivity index (χ3v) is 6.86. The Kier molecular flexibility index (Phi) is 7.78. The van der Waals surface area contributed by atoms with Crippen molar-refractivity contribution in [2.24, 2.45) is 0 Å². The Balaban J connectivity index is 1.53. The van der Waals surface area contributed by atoms with Gasteiger partial charge in [0.05, 0.1) is 26.2 Å². The number of aryl methyl sites for hydroxylation is 1. The van der Waals surface area contributed by atoms with Gasteiger partial charge in [0.25, 0.3) is 5.91 Å². The number of benzene rings is 5. The smallest absolute Gasteiger partial charge is 0.256 e. The molecule has 0 aliphatic rings. The maximum atomic E-state index is 13.9. The second-order valence-electron chi connectivity index (χ2n) is 9.45. The van der Waals surface area contributed by atoms with Crippen LogP contribution in [0.1, 0.15) is 21.5 Å². The van der Waals surface area contributed by atoms with Crippen LogP contribution in [0.5, 0.6) is 11.5 Å². The van der Waals surface area contributed by atoms with Crippen LogP contribution in [0.3, 0.4) is 0 Å². The van der Waals surface area contributed by atoms with Crippen molar-refractivity contribution in [2.45, 2.75) is 13.3 Å². The summed E-state index contributed by atoms with van der Waals surface area (Å²) in [5, 5.41) is 7.86. The number of nitrogens with one attached hydrogen (secondary N) is 2. The van der Waals surface area contributed by atoms with Crippen LogP contribution in [0, 0.1) is 6.92 Å². The Hall–Kier alpha value is -5.10. The van der Waals surface area contributed by atoms with E-state index in [0.717, 1.165) is 38.8 Å². The minimum Gasteiger partial charge on any atom is -0.497 e. The van der Waals surface area contributed by atoms with Crippen molar-refractivity contribution in [3.05, 3.63) is 120 Å². The molecule has 0 fully saturated rings. The molecule has 5 rings (SSSR count). The maximum Gasteiger partial charge on any atom is 0.256 e. The van der Waals surface area contributed by atoms with Gasteiger partial charge in [0, 0.05) is 11.4 Å². The number of amides is 2. The summed E-state index contributed by atoms with van der Waals surface area (Å²) in [5.74, 6) is 1.05. The topological polar surface area (TPSA) is 76.7 Å². The number of rotatable bonds is 8. The SMILES string of the molecule is COc1ccc(NC(=O)Cc2ccccc2-c2cc(C)c3ccccc3c2C(=O)Nc2ccc(OC)cc2)cc1. The van der Waals surface area contributed by atoms with Gasteiger partial charge in [-0.2, -0.15) is 0 Å². The van der Waals surface area contributed by atoms with Gasteiger partial charge in [0.1, 0.15) is 11.5 Å². The number of anilines is 2. The first-order valence-electron chi connectivity index (χ1n) is 13.0. The zero-order valence-corrected chi connectivity index (χ0v) is 22.7. The summed E-state index contributed by atoms with van der Waals surface area (Å²) in [4.78, 5) is 27.0. The van der Waals surface area contributed by atoms with Gasteiger partial charge in [-0.15, -0.1) is 0 Å². The summed E-state index contributed by atoms with van der Waals surface area (Å²) >= 11 is 0. The van der Waals surface area contributed by atoms with Gasteiger partial charge < -0.3 is 20.1 Å². The fourth-order valence-electron chi connectivity index (χ4n) is 4.87. The van der Waals surface area contributed by atoms with Crippen LogP contribution in [-0.2, 0) is 11.2 Å². The highest BCUT2D eigenvalue weighted by Gasteiger charge is 2.21. The van der Waals surface area contributed by atoms with Crippen molar-refractivity contribution in [2.75, 3.05) is 24.9 Å². The fourth-order valence-corrected chi connectivity index (χ4v) is 4.87. The van der Waals surface area contributed by atoms with Crippen molar-refractivity contribution in [1.82, 2.24) is 0 Å². The molecule has 0 aliphatic carbocycles. The summed E-state index contributed by atoms with van der Waals surface area (Å²) in [6, 6.07) is 32.1. The monoisotopic (exact) mass is 530 g/mol. The maximum absolute atomic E-state index is 13.9. The lowest BCUT2D eigenvalue weighted by molar-refractivity contribution is -0.115. The summed E-state index contributed by atoms with van der Waals surface area (Å²) in [6.07, 6.45) is 0.146. The average molecular weight is 531 g/mol. The molecular formula is C34H30N2O4. The Morgan fingerprint density at radius 3 is 1.82 bits per heavy atom. The van der Waals surface area contributed by atoms with E-state index in [4.69, 9.17) is 9.47 Å². The molecule has 5 aromatic rings. The van der Waals surface area contributed by atoms with E-state index in [1.54, 1.807) is 50.6 Å². The first-order chi connectivity index (χ1) is 19.5. The molecule has 0 bridgehead atoms. The van der Waals surface area contributed by atoms with Crippen LogP contribution in [0.25, 0.3) is 21.9 Å². The third kappa shape index (κ3) is 5.66. The van der Waals surface area contributed by atoms with E-state index in [0.29, 0.717) is 22.7 Å². The minimum atomic E-state index is -0.228. The van der Waals surface area contributed by atoms with Gasteiger partial charge >= 0.3 is 0 Å². The molecule has 0 saturated carbocycles. The zero-order valence-electron chi connectivity index (χ0n) is 22.7. The molecule has 40 heavy (non-hydrogen) atoms. The normalized spacial score (nSPS) is 10.7. The number of fused-ring (bicyclic) bond motifs is 1. The van der Waals surface area contributed by atoms with E-state index in [2.05, 4.69) is 10.6 Å². The first kappa shape index (κ1) is 26.5. The first-order valence-corrected chi connectivity index (χ1v) is 13.0. The van der Waals surface area contributed by atoms with Gasteiger partial charge in [-0.05, 0) is 94.5 Å². The zero-order chi connectivity index (χ0) is 28.1. The van der Waals surface area contributed by atoms with Gasteiger partial charge in [0.2, 0.25) is 5.91 Å². The van der Waals surface area contributed by atoms with Crippen LogP contribution in [0.2, 0.25) is 0 Å². The standard InChI is InChI=1S/C34H30N2O4/c1-22-20-31(29-10-5-4-8-23(29)21-32(37)35-24-12-16-26(39-2)17-13-24)33(30-11-7-6-9-28(22)30)34(38)36-25-14-18-27(40-3)19-15-25/h4-20H,21H2,1-3H3,(H,35,37)(H,36,38). The number of ether oxygens (including phenoxy) is 2. The van der Waals surface area contributed by atoms with E-state index in [-0.39, 0.29) is 18.2 Å². The average Bonchev–Trinajstić information content (AvgIpc) is 2.98. The molecule has 0 saturated heterocycles. The van der Waals surface area contributed by atoms with Gasteiger partial charge in [0.15, 0.2) is 0 Å². The molecular weight excluding hydrogens is 500 g/mol. The van der Waals surface area contributed by atoms with Crippen molar-refractivity contribution in [1.29, 1.82) is 0 Å². The van der Waals surface area contributed by atoms with Crippen LogP contribution >= 0.6 is 0 Å². The molecule has 5 aromatic carbocycles. The molecule has 0 heterocycles. The van der Waals surface area contributed by atoms with E-state index < -0.39 is 0 Å². The van der Waals surface area contributed by atoms with Crippen molar-refractivity contribution in [3.63, 3.8) is 0 Å². The van der Waals surface area contributed by atoms with Crippen molar-refractivity contribution in [3.8, 4) is 22.6 Å². The van der Waals surface area contributed by atoms with Gasteiger partial charge in [-0.25, -0.2) is 0 Å². The molecule has 0 aromatic heterocycles. The third-order valence-electron chi connectivity index (χ3n) is 6.86. The highest BCUT2D eigenvalue weighted by molar-refractivity contribution is 6.18. The summed E-state index contributed by atoms with van der Waals surface area (Å²) < 4.78 is 10.5. The summed E-state index contributed by atoms with van der Waals surface area (Å²) in [7, 11) is 3.21. The molecule has 2 amide bonds. The Labute approximate surface area is 233 Å². The molecule has 200 valence electrons. The quantitative estimate of drug-likeness (QED) is 0.221. The van der Waals surface area contributed by atoms with E-state index in [9.17, 15) is 9.59 Å². The Bertz CT molecular complexity index is 1680. The highest BCUT2D eigenvalue weighted by Crippen LogP contribution is 2.35. The highest BCUT2D eigenvalue weighted by atomic mass is 16.5. The number of hydrogen-bond acceptors (Lipinski definition) is 4. The van der Waals surface area contributed by atoms with Crippen LogP contribution in [0.15, 0.2) is 103 Å². The second-order valence-corrected chi connectivity index (χ2v) is 9.45. The molecule has 6 nitrogen and oxygen atoms in total. The molecule has 0 radical (unpaired) electrons. The van der Waals surface area contributed by atoms with Crippen LogP contribution in [-0.4, -0.2) is 26.0 Å². The largest absolute Gasteiger partial charge is 0.497 e. The minimum absolute atomic E-state index is 0.146. The molecule has 0 aliphatic heterocycles. The number of methoxy groups -OCH3 is 2. The van der Waals surface area contributed by atoms with Crippen molar-refractivity contribution >= 4 is 34.0 Å². The Morgan fingerprint density at radius 2 is 1.20 bits per heavy atom. The van der Waals surface area contributed by atoms with Gasteiger partial charge in [-0.1, -0.05) is 48.5 Å². The molecule has 6 heteroatoms. The molecule has 2 N–H and O–H groups in total. The lowest BCUT2D eigenvalue weighted by Gasteiger charge is -2.18. The number of hydrogen-bond donors (Lipinski definition) is 2. The predicted molar refractivity (Wildman–Crippen MR) is 160 cm³/mol. The number of carbonyl (C=O) groups is 2. The van der Waals surface area contributed by atoms with Gasteiger partial charge in [-0.3, -0.25) is 9.59 Å². The summed E-state index contributed by atoms with van der Waals surface area (Å²) in [6.45, 7) is 2.04. The van der Waals surface area contributed by atoms with E-state index >= 15 is 0 Å². The van der Waals surface area contributed by atoms with Crippen molar-refractivity contribution < 1.29 is 19.1 Å². The number of carbonyl (C=O) groups excluding carboxylic acids is 2. The van der Waals surface area contributed by atoms with Crippen LogP contribution < -0.4 is 20.1 Å². The summed E-state index contributed by atoms with van der Waals surface area (Å²) in [5.41, 5.74) is 5.37. The fraction of sp³-hybridized carbons (Fsp3) is 0.118. The van der Waals surface area contributed by atoms with E-state index in [1.165, 1.54) is 0 Å². The predicted octanol–water partition coefficient (Wildman–Crippen LogP) is 7.27. The molecule has 0 unspecified atom stereocenters. The molecule has 0 atom stereocenters. The second kappa shape index (κ2) is 11.7.